The molecule has 0 aromatic heterocycles. The number of fused-ring (bicyclic) bond motifs is 1. The van der Waals surface area contributed by atoms with Crippen LogP contribution in [0.1, 0.15) is 37.5 Å². The first-order chi connectivity index (χ1) is 10.1. The third-order valence-corrected chi connectivity index (χ3v) is 4.11. The molecule has 110 valence electrons. The van der Waals surface area contributed by atoms with Crippen LogP contribution in [-0.2, 0) is 6.42 Å². The molecule has 0 amide bonds. The molecule has 0 radical (unpaired) electrons. The summed E-state index contributed by atoms with van der Waals surface area (Å²) in [4.78, 5) is 0. The van der Waals surface area contributed by atoms with E-state index in [9.17, 15) is 4.39 Å². The van der Waals surface area contributed by atoms with Gasteiger partial charge in [-0.05, 0) is 59.7 Å². The molecule has 0 aliphatic heterocycles. The maximum atomic E-state index is 12.4. The van der Waals surface area contributed by atoms with Crippen LogP contribution in [0.15, 0.2) is 54.7 Å². The summed E-state index contributed by atoms with van der Waals surface area (Å²) < 4.78 is 12.4. The van der Waals surface area contributed by atoms with E-state index in [4.69, 9.17) is 0 Å². The van der Waals surface area contributed by atoms with Gasteiger partial charge in [0.25, 0.3) is 0 Å². The van der Waals surface area contributed by atoms with Crippen molar-refractivity contribution in [3.8, 4) is 0 Å². The molecule has 2 rings (SSSR count). The highest BCUT2D eigenvalue weighted by Crippen LogP contribution is 2.34. The number of hydrogen-bond donors (Lipinski definition) is 0. The van der Waals surface area contributed by atoms with Gasteiger partial charge in [-0.1, -0.05) is 49.9 Å². The standard InChI is InChI=1S/C20H23F/c1-5-17-11-19-10-9-18(12-20(19)16(17)4)15(3)8-6-7-14(2)13-21/h5-10,12,14H,1,11,13H2,2-4H3/b7-6+,15-8-. The van der Waals surface area contributed by atoms with Crippen LogP contribution in [0.5, 0.6) is 0 Å². The van der Waals surface area contributed by atoms with Gasteiger partial charge in [0.2, 0.25) is 0 Å². The first-order valence-corrected chi connectivity index (χ1v) is 7.43. The number of halogens is 1. The van der Waals surface area contributed by atoms with Crippen molar-refractivity contribution in [2.24, 2.45) is 5.92 Å². The molecule has 0 spiro atoms. The number of allylic oxidation sites excluding steroid dienone is 7. The van der Waals surface area contributed by atoms with Crippen LogP contribution in [0.25, 0.3) is 11.1 Å². The second kappa shape index (κ2) is 6.71. The van der Waals surface area contributed by atoms with Gasteiger partial charge in [0.05, 0.1) is 6.67 Å². The van der Waals surface area contributed by atoms with Crippen molar-refractivity contribution in [2.75, 3.05) is 6.67 Å². The second-order valence-corrected chi connectivity index (χ2v) is 5.77. The predicted octanol–water partition coefficient (Wildman–Crippen LogP) is 5.77. The molecule has 0 saturated heterocycles. The largest absolute Gasteiger partial charge is 0.250 e. The topological polar surface area (TPSA) is 0 Å². The highest BCUT2D eigenvalue weighted by atomic mass is 19.1. The molecule has 0 nitrogen and oxygen atoms in total. The monoisotopic (exact) mass is 282 g/mol. The maximum Gasteiger partial charge on any atom is 0.0954 e. The molecule has 0 heterocycles. The minimum atomic E-state index is -0.309. The molecule has 0 bridgehead atoms. The first-order valence-electron chi connectivity index (χ1n) is 7.43. The summed E-state index contributed by atoms with van der Waals surface area (Å²) in [5.41, 5.74) is 7.77. The molecule has 1 aliphatic carbocycles. The summed E-state index contributed by atoms with van der Waals surface area (Å²) in [5, 5.41) is 0. The smallest absolute Gasteiger partial charge is 0.0954 e. The molecular weight excluding hydrogens is 259 g/mol. The highest BCUT2D eigenvalue weighted by molar-refractivity contribution is 5.80. The van der Waals surface area contributed by atoms with Crippen molar-refractivity contribution < 1.29 is 4.39 Å². The Kier molecular flexibility index (Phi) is 4.95. The summed E-state index contributed by atoms with van der Waals surface area (Å²) in [7, 11) is 0. The fourth-order valence-electron chi connectivity index (χ4n) is 2.60. The maximum absolute atomic E-state index is 12.4. The van der Waals surface area contributed by atoms with Gasteiger partial charge in [0.15, 0.2) is 0 Å². The number of alkyl halides is 1. The van der Waals surface area contributed by atoms with Crippen LogP contribution >= 0.6 is 0 Å². The lowest BCUT2D eigenvalue weighted by Crippen LogP contribution is -1.89. The average molecular weight is 282 g/mol. The van der Waals surface area contributed by atoms with E-state index in [0.29, 0.717) is 0 Å². The number of benzene rings is 1. The molecule has 1 aromatic rings. The van der Waals surface area contributed by atoms with Gasteiger partial charge in [-0.15, -0.1) is 0 Å². The van der Waals surface area contributed by atoms with E-state index in [0.717, 1.165) is 6.42 Å². The van der Waals surface area contributed by atoms with Gasteiger partial charge in [0.1, 0.15) is 0 Å². The number of rotatable bonds is 5. The van der Waals surface area contributed by atoms with E-state index in [-0.39, 0.29) is 12.6 Å². The van der Waals surface area contributed by atoms with E-state index in [1.807, 2.05) is 25.2 Å². The lowest BCUT2D eigenvalue weighted by atomic mass is 9.99. The second-order valence-electron chi connectivity index (χ2n) is 5.77. The molecule has 1 unspecified atom stereocenters. The molecule has 21 heavy (non-hydrogen) atoms. The lowest BCUT2D eigenvalue weighted by Gasteiger charge is -2.06. The minimum Gasteiger partial charge on any atom is -0.250 e. The van der Waals surface area contributed by atoms with Crippen LogP contribution < -0.4 is 0 Å². The zero-order chi connectivity index (χ0) is 15.4. The van der Waals surface area contributed by atoms with Crippen LogP contribution in [-0.4, -0.2) is 6.67 Å². The molecule has 0 fully saturated rings. The SMILES string of the molecule is C=CC1=C(C)c2cc(/C(C)=C\C=C\C(C)CF)ccc2C1. The zero-order valence-electron chi connectivity index (χ0n) is 13.1. The normalized spacial score (nSPS) is 16.5. The van der Waals surface area contributed by atoms with E-state index < -0.39 is 0 Å². The fraction of sp³-hybridized carbons (Fsp3) is 0.300. The summed E-state index contributed by atoms with van der Waals surface area (Å²) in [5.74, 6) is -0.0191. The summed E-state index contributed by atoms with van der Waals surface area (Å²) in [6, 6.07) is 6.62. The zero-order valence-corrected chi connectivity index (χ0v) is 13.1. The molecule has 1 heteroatoms. The molecule has 0 saturated carbocycles. The van der Waals surface area contributed by atoms with Gasteiger partial charge in [0, 0.05) is 5.92 Å². The Hall–Kier alpha value is -1.89. The minimum absolute atomic E-state index is 0.0191. The van der Waals surface area contributed by atoms with Gasteiger partial charge >= 0.3 is 0 Å². The Morgan fingerprint density at radius 1 is 1.43 bits per heavy atom. The Labute approximate surface area is 127 Å². The van der Waals surface area contributed by atoms with Crippen molar-refractivity contribution in [1.29, 1.82) is 0 Å². The lowest BCUT2D eigenvalue weighted by molar-refractivity contribution is 0.430. The molecule has 0 N–H and O–H groups in total. The highest BCUT2D eigenvalue weighted by Gasteiger charge is 2.16. The molecule has 1 aromatic carbocycles. The van der Waals surface area contributed by atoms with Crippen molar-refractivity contribution in [1.82, 2.24) is 0 Å². The van der Waals surface area contributed by atoms with Gasteiger partial charge < -0.3 is 0 Å². The number of hydrogen-bond acceptors (Lipinski definition) is 0. The average Bonchev–Trinajstić information content (AvgIpc) is 2.82. The Bertz CT molecular complexity index is 629. The summed E-state index contributed by atoms with van der Waals surface area (Å²) >= 11 is 0. The quantitative estimate of drug-likeness (QED) is 0.602. The first kappa shape index (κ1) is 15.5. The van der Waals surface area contributed by atoms with E-state index in [1.165, 1.54) is 33.4 Å². The third kappa shape index (κ3) is 3.41. The van der Waals surface area contributed by atoms with Gasteiger partial charge in [-0.25, -0.2) is 0 Å². The van der Waals surface area contributed by atoms with Crippen molar-refractivity contribution >= 4 is 11.1 Å². The van der Waals surface area contributed by atoms with Crippen molar-refractivity contribution in [3.63, 3.8) is 0 Å². The van der Waals surface area contributed by atoms with E-state index in [2.05, 4.69) is 44.7 Å². The third-order valence-electron chi connectivity index (χ3n) is 4.11. The molecule has 1 aliphatic rings. The van der Waals surface area contributed by atoms with Crippen LogP contribution in [0.4, 0.5) is 4.39 Å². The summed E-state index contributed by atoms with van der Waals surface area (Å²) in [6.07, 6.45) is 8.85. The summed E-state index contributed by atoms with van der Waals surface area (Å²) in [6.45, 7) is 9.71. The Balaban J connectivity index is 2.25. The van der Waals surface area contributed by atoms with Crippen molar-refractivity contribution in [2.45, 2.75) is 27.2 Å². The van der Waals surface area contributed by atoms with Gasteiger partial charge in [-0.3, -0.25) is 4.39 Å². The van der Waals surface area contributed by atoms with Gasteiger partial charge in [-0.2, -0.15) is 0 Å². The van der Waals surface area contributed by atoms with Crippen LogP contribution in [0.3, 0.4) is 0 Å². The van der Waals surface area contributed by atoms with E-state index in [1.54, 1.807) is 0 Å². The van der Waals surface area contributed by atoms with Crippen LogP contribution in [0, 0.1) is 5.92 Å². The fourth-order valence-corrected chi connectivity index (χ4v) is 2.60. The Morgan fingerprint density at radius 3 is 2.86 bits per heavy atom. The molecule has 1 atom stereocenters. The Morgan fingerprint density at radius 2 is 2.19 bits per heavy atom. The van der Waals surface area contributed by atoms with Crippen LogP contribution in [0.2, 0.25) is 0 Å². The predicted molar refractivity (Wildman–Crippen MR) is 90.9 cm³/mol. The van der Waals surface area contributed by atoms with Crippen molar-refractivity contribution in [3.05, 3.63) is 71.3 Å². The van der Waals surface area contributed by atoms with E-state index >= 15 is 0 Å². The molecular formula is C20H23F.